The Morgan fingerprint density at radius 3 is 2.79 bits per heavy atom. The first kappa shape index (κ1) is 13.9. The highest BCUT2D eigenvalue weighted by atomic mass is 79.9. The lowest BCUT2D eigenvalue weighted by atomic mass is 10.3. The third kappa shape index (κ3) is 5.30. The van der Waals surface area contributed by atoms with Gasteiger partial charge in [0.05, 0.1) is 0 Å². The molecule has 1 aromatic rings. The van der Waals surface area contributed by atoms with Crippen molar-refractivity contribution in [3.8, 4) is 5.75 Å². The van der Waals surface area contributed by atoms with Crippen molar-refractivity contribution in [1.29, 1.82) is 0 Å². The van der Waals surface area contributed by atoms with Gasteiger partial charge in [0.2, 0.25) is 0 Å². The fraction of sp³-hybridized carbons (Fsp3) is 0.385. The van der Waals surface area contributed by atoms with Crippen LogP contribution < -0.4 is 10.1 Å². The van der Waals surface area contributed by atoms with E-state index in [0.717, 1.165) is 17.3 Å². The van der Waals surface area contributed by atoms with Crippen LogP contribution in [-0.2, 0) is 14.3 Å². The number of carbonyl (C=O) groups is 2. The SMILES string of the molecule is O=C(COC(=O)COc1cccc(Br)c1)NC1CC1. The summed E-state index contributed by atoms with van der Waals surface area (Å²) in [6, 6.07) is 7.40. The van der Waals surface area contributed by atoms with Gasteiger partial charge in [0, 0.05) is 10.5 Å². The van der Waals surface area contributed by atoms with Crippen LogP contribution in [0.2, 0.25) is 0 Å². The maximum absolute atomic E-state index is 11.4. The number of hydrogen-bond donors (Lipinski definition) is 1. The summed E-state index contributed by atoms with van der Waals surface area (Å²) in [7, 11) is 0. The van der Waals surface area contributed by atoms with E-state index in [0.29, 0.717) is 5.75 Å². The van der Waals surface area contributed by atoms with Gasteiger partial charge in [-0.3, -0.25) is 4.79 Å². The van der Waals surface area contributed by atoms with Gasteiger partial charge in [0.25, 0.3) is 5.91 Å². The van der Waals surface area contributed by atoms with E-state index in [-0.39, 0.29) is 25.2 Å². The van der Waals surface area contributed by atoms with E-state index in [2.05, 4.69) is 21.2 Å². The molecule has 0 unspecified atom stereocenters. The normalized spacial score (nSPS) is 13.7. The van der Waals surface area contributed by atoms with Crippen molar-refractivity contribution < 1.29 is 19.1 Å². The first-order valence-corrected chi connectivity index (χ1v) is 6.76. The Morgan fingerprint density at radius 2 is 2.11 bits per heavy atom. The van der Waals surface area contributed by atoms with E-state index in [9.17, 15) is 9.59 Å². The summed E-state index contributed by atoms with van der Waals surface area (Å²) in [5, 5.41) is 2.73. The fourth-order valence-corrected chi connectivity index (χ4v) is 1.76. The zero-order valence-electron chi connectivity index (χ0n) is 10.2. The van der Waals surface area contributed by atoms with E-state index in [1.54, 1.807) is 18.2 Å². The number of esters is 1. The van der Waals surface area contributed by atoms with Crippen LogP contribution in [0, 0.1) is 0 Å². The second-order valence-corrected chi connectivity index (χ2v) is 5.16. The molecule has 0 aromatic heterocycles. The molecule has 102 valence electrons. The van der Waals surface area contributed by atoms with Crippen LogP contribution in [0.15, 0.2) is 28.7 Å². The van der Waals surface area contributed by atoms with Gasteiger partial charge in [0.1, 0.15) is 5.75 Å². The summed E-state index contributed by atoms with van der Waals surface area (Å²) in [6.07, 6.45) is 2.01. The van der Waals surface area contributed by atoms with Crippen LogP contribution in [-0.4, -0.2) is 31.1 Å². The van der Waals surface area contributed by atoms with Crippen molar-refractivity contribution in [2.24, 2.45) is 0 Å². The Bertz CT molecular complexity index is 473. The highest BCUT2D eigenvalue weighted by Crippen LogP contribution is 2.18. The molecule has 1 saturated carbocycles. The molecular formula is C13H14BrNO4. The number of nitrogens with one attached hydrogen (secondary N) is 1. The van der Waals surface area contributed by atoms with Gasteiger partial charge in [-0.15, -0.1) is 0 Å². The van der Waals surface area contributed by atoms with E-state index in [4.69, 9.17) is 9.47 Å². The molecule has 0 saturated heterocycles. The molecule has 1 N–H and O–H groups in total. The van der Waals surface area contributed by atoms with E-state index in [1.807, 2.05) is 6.07 Å². The molecule has 0 bridgehead atoms. The molecule has 0 heterocycles. The molecule has 19 heavy (non-hydrogen) atoms. The summed E-state index contributed by atoms with van der Waals surface area (Å²) >= 11 is 3.30. The van der Waals surface area contributed by atoms with Crippen molar-refractivity contribution in [2.45, 2.75) is 18.9 Å². The van der Waals surface area contributed by atoms with E-state index < -0.39 is 5.97 Å². The molecule has 2 rings (SSSR count). The fourth-order valence-electron chi connectivity index (χ4n) is 1.38. The van der Waals surface area contributed by atoms with Crippen molar-refractivity contribution in [2.75, 3.05) is 13.2 Å². The van der Waals surface area contributed by atoms with Gasteiger partial charge in [-0.1, -0.05) is 22.0 Å². The van der Waals surface area contributed by atoms with Crippen LogP contribution >= 0.6 is 15.9 Å². The number of hydrogen-bond acceptors (Lipinski definition) is 4. The average molecular weight is 328 g/mol. The zero-order valence-corrected chi connectivity index (χ0v) is 11.8. The third-order valence-corrected chi connectivity index (χ3v) is 2.95. The molecular weight excluding hydrogens is 314 g/mol. The van der Waals surface area contributed by atoms with Crippen molar-refractivity contribution >= 4 is 27.8 Å². The van der Waals surface area contributed by atoms with Crippen LogP contribution in [0.4, 0.5) is 0 Å². The minimum atomic E-state index is -0.564. The molecule has 1 amide bonds. The zero-order chi connectivity index (χ0) is 13.7. The molecule has 1 aromatic carbocycles. The van der Waals surface area contributed by atoms with Crippen molar-refractivity contribution in [3.63, 3.8) is 0 Å². The Kier molecular flexibility index (Phi) is 4.79. The van der Waals surface area contributed by atoms with Crippen molar-refractivity contribution in [3.05, 3.63) is 28.7 Å². The van der Waals surface area contributed by atoms with Crippen LogP contribution in [0.3, 0.4) is 0 Å². The highest BCUT2D eigenvalue weighted by molar-refractivity contribution is 9.10. The van der Waals surface area contributed by atoms with E-state index in [1.165, 1.54) is 0 Å². The lowest BCUT2D eigenvalue weighted by molar-refractivity contribution is -0.150. The Balaban J connectivity index is 1.65. The van der Waals surface area contributed by atoms with Gasteiger partial charge >= 0.3 is 5.97 Å². The average Bonchev–Trinajstić information content (AvgIpc) is 3.18. The Hall–Kier alpha value is -1.56. The second-order valence-electron chi connectivity index (χ2n) is 4.25. The highest BCUT2D eigenvalue weighted by Gasteiger charge is 2.23. The number of amides is 1. The molecule has 1 fully saturated rings. The molecule has 0 aliphatic heterocycles. The molecule has 1 aliphatic carbocycles. The van der Waals surface area contributed by atoms with Gasteiger partial charge in [0.15, 0.2) is 13.2 Å². The first-order chi connectivity index (χ1) is 9.13. The molecule has 1 aliphatic rings. The summed E-state index contributed by atoms with van der Waals surface area (Å²) in [6.45, 7) is -0.468. The predicted octanol–water partition coefficient (Wildman–Crippen LogP) is 1.65. The summed E-state index contributed by atoms with van der Waals surface area (Å²) in [5.41, 5.74) is 0. The lowest BCUT2D eigenvalue weighted by Gasteiger charge is -2.07. The number of ether oxygens (including phenoxy) is 2. The number of benzene rings is 1. The minimum Gasteiger partial charge on any atom is -0.482 e. The third-order valence-electron chi connectivity index (χ3n) is 2.46. The maximum atomic E-state index is 11.4. The van der Waals surface area contributed by atoms with E-state index >= 15 is 0 Å². The van der Waals surface area contributed by atoms with Crippen molar-refractivity contribution in [1.82, 2.24) is 5.32 Å². The Labute approximate surface area is 119 Å². The van der Waals surface area contributed by atoms with Gasteiger partial charge in [-0.05, 0) is 31.0 Å². The standard InChI is InChI=1S/C13H14BrNO4/c14-9-2-1-3-11(6-9)18-8-13(17)19-7-12(16)15-10-4-5-10/h1-3,6,10H,4-5,7-8H2,(H,15,16). The van der Waals surface area contributed by atoms with Crippen LogP contribution in [0.25, 0.3) is 0 Å². The lowest BCUT2D eigenvalue weighted by Crippen LogP contribution is -2.31. The number of halogens is 1. The quantitative estimate of drug-likeness (QED) is 0.807. The molecule has 6 heteroatoms. The van der Waals surface area contributed by atoms with Gasteiger partial charge in [-0.2, -0.15) is 0 Å². The topological polar surface area (TPSA) is 64.6 Å². The summed E-state index contributed by atoms with van der Waals surface area (Å²) in [5.74, 6) is -0.266. The largest absolute Gasteiger partial charge is 0.482 e. The molecule has 0 radical (unpaired) electrons. The number of carbonyl (C=O) groups excluding carboxylic acids is 2. The predicted molar refractivity (Wildman–Crippen MR) is 71.8 cm³/mol. The monoisotopic (exact) mass is 327 g/mol. The molecule has 0 atom stereocenters. The minimum absolute atomic E-state index is 0.215. The van der Waals surface area contributed by atoms with Crippen LogP contribution in [0.1, 0.15) is 12.8 Å². The summed E-state index contributed by atoms with van der Waals surface area (Å²) in [4.78, 5) is 22.6. The maximum Gasteiger partial charge on any atom is 0.344 e. The smallest absolute Gasteiger partial charge is 0.344 e. The van der Waals surface area contributed by atoms with Gasteiger partial charge in [-0.25, -0.2) is 4.79 Å². The molecule has 0 spiro atoms. The first-order valence-electron chi connectivity index (χ1n) is 5.97. The van der Waals surface area contributed by atoms with Crippen LogP contribution in [0.5, 0.6) is 5.75 Å². The number of rotatable bonds is 6. The summed E-state index contributed by atoms with van der Waals surface area (Å²) < 4.78 is 10.9. The van der Waals surface area contributed by atoms with Gasteiger partial charge < -0.3 is 14.8 Å². The Morgan fingerprint density at radius 1 is 1.32 bits per heavy atom. The molecule has 5 nitrogen and oxygen atoms in total. The second kappa shape index (κ2) is 6.56.